The van der Waals surface area contributed by atoms with Gasteiger partial charge in [-0.25, -0.2) is 0 Å². The number of amides is 1. The highest BCUT2D eigenvalue weighted by Crippen LogP contribution is 2.28. The molecule has 98 valence electrons. The fourth-order valence-corrected chi connectivity index (χ4v) is 2.34. The van der Waals surface area contributed by atoms with Crippen LogP contribution in [0.25, 0.3) is 11.5 Å². The quantitative estimate of drug-likeness (QED) is 0.826. The molecule has 1 aromatic carbocycles. The minimum absolute atomic E-state index is 0.102. The average Bonchev–Trinajstić information content (AvgIpc) is 3.09. The Balaban J connectivity index is 1.78. The predicted octanol–water partition coefficient (Wildman–Crippen LogP) is 2.07. The van der Waals surface area contributed by atoms with Crippen LogP contribution in [0.3, 0.4) is 0 Å². The largest absolute Gasteiger partial charge is 0.420 e. The molecule has 1 amide bonds. The molecule has 0 bridgehead atoms. The summed E-state index contributed by atoms with van der Waals surface area (Å²) in [5.74, 6) is 1.43. The van der Waals surface area contributed by atoms with Crippen molar-refractivity contribution in [2.45, 2.75) is 19.3 Å². The number of carbonyl (C=O) groups excluding carboxylic acids is 1. The van der Waals surface area contributed by atoms with Crippen LogP contribution in [0.4, 0.5) is 0 Å². The number of hydrogen-bond donors (Lipinski definition) is 0. The lowest BCUT2D eigenvalue weighted by Crippen LogP contribution is -2.25. The number of benzene rings is 1. The van der Waals surface area contributed by atoms with Gasteiger partial charge in [-0.2, -0.15) is 0 Å². The summed E-state index contributed by atoms with van der Waals surface area (Å²) < 4.78 is 5.72. The number of carbonyl (C=O) groups is 1. The minimum atomic E-state index is 0.102. The molecule has 0 unspecified atom stereocenters. The van der Waals surface area contributed by atoms with Crippen molar-refractivity contribution in [3.05, 3.63) is 36.2 Å². The summed E-state index contributed by atoms with van der Waals surface area (Å²) in [6.45, 7) is 3.03. The highest BCUT2D eigenvalue weighted by atomic mass is 16.4. The van der Waals surface area contributed by atoms with Crippen LogP contribution < -0.4 is 0 Å². The zero-order valence-corrected chi connectivity index (χ0v) is 10.7. The summed E-state index contributed by atoms with van der Waals surface area (Å²) in [5, 5.41) is 8.19. The van der Waals surface area contributed by atoms with Crippen LogP contribution >= 0.6 is 0 Å². The molecule has 0 saturated carbocycles. The van der Waals surface area contributed by atoms with E-state index in [1.54, 1.807) is 6.92 Å². The molecule has 1 aliphatic rings. The number of rotatable bonds is 2. The molecule has 1 aliphatic heterocycles. The van der Waals surface area contributed by atoms with Crippen LogP contribution in [0.2, 0.25) is 0 Å². The lowest BCUT2D eigenvalue weighted by molar-refractivity contribution is -0.127. The van der Waals surface area contributed by atoms with Crippen LogP contribution in [0.15, 0.2) is 34.7 Å². The Morgan fingerprint density at radius 3 is 2.79 bits per heavy atom. The third kappa shape index (κ3) is 2.36. The Bertz CT molecular complexity index is 579. The second-order valence-corrected chi connectivity index (χ2v) is 4.76. The van der Waals surface area contributed by atoms with E-state index in [-0.39, 0.29) is 11.8 Å². The standard InChI is InChI=1S/C14H15N3O2/c1-10(18)17-8-7-12(9-17)14-16-15-13(19-14)11-5-3-2-4-6-11/h2-6,12H,7-9H2,1H3/t12-/m0/s1. The summed E-state index contributed by atoms with van der Waals surface area (Å²) in [6.07, 6.45) is 0.885. The van der Waals surface area contributed by atoms with Gasteiger partial charge in [-0.05, 0) is 18.6 Å². The molecule has 3 rings (SSSR count). The van der Waals surface area contributed by atoms with Gasteiger partial charge >= 0.3 is 0 Å². The summed E-state index contributed by atoms with van der Waals surface area (Å²) in [7, 11) is 0. The highest BCUT2D eigenvalue weighted by molar-refractivity contribution is 5.73. The van der Waals surface area contributed by atoms with Crippen LogP contribution in [0.5, 0.6) is 0 Å². The van der Waals surface area contributed by atoms with Gasteiger partial charge < -0.3 is 9.32 Å². The molecule has 2 heterocycles. The number of hydrogen-bond acceptors (Lipinski definition) is 4. The van der Waals surface area contributed by atoms with Gasteiger partial charge in [0.25, 0.3) is 0 Å². The van der Waals surface area contributed by atoms with E-state index in [2.05, 4.69) is 10.2 Å². The molecule has 2 aromatic rings. The number of nitrogens with zero attached hydrogens (tertiary/aromatic N) is 3. The topological polar surface area (TPSA) is 59.2 Å². The van der Waals surface area contributed by atoms with Crippen molar-refractivity contribution < 1.29 is 9.21 Å². The molecule has 1 atom stereocenters. The molecule has 1 fully saturated rings. The van der Waals surface area contributed by atoms with E-state index >= 15 is 0 Å². The third-order valence-corrected chi connectivity index (χ3v) is 3.44. The molecule has 1 aromatic heterocycles. The predicted molar refractivity (Wildman–Crippen MR) is 69.3 cm³/mol. The van der Waals surface area contributed by atoms with E-state index in [9.17, 15) is 4.79 Å². The van der Waals surface area contributed by atoms with E-state index in [0.717, 1.165) is 18.5 Å². The normalized spacial score (nSPS) is 18.8. The monoisotopic (exact) mass is 257 g/mol. The minimum Gasteiger partial charge on any atom is -0.420 e. The summed E-state index contributed by atoms with van der Waals surface area (Å²) >= 11 is 0. The molecular formula is C14H15N3O2. The zero-order valence-electron chi connectivity index (χ0n) is 10.7. The molecule has 0 aliphatic carbocycles. The third-order valence-electron chi connectivity index (χ3n) is 3.44. The summed E-state index contributed by atoms with van der Waals surface area (Å²) in [4.78, 5) is 13.1. The molecule has 0 spiro atoms. The van der Waals surface area contributed by atoms with Gasteiger partial charge in [-0.15, -0.1) is 10.2 Å². The van der Waals surface area contributed by atoms with Gasteiger partial charge in [-0.1, -0.05) is 18.2 Å². The second kappa shape index (κ2) is 4.84. The Hall–Kier alpha value is -2.17. The SMILES string of the molecule is CC(=O)N1CC[C@H](c2nnc(-c3ccccc3)o2)C1. The van der Waals surface area contributed by atoms with Crippen molar-refractivity contribution in [1.82, 2.24) is 15.1 Å². The van der Waals surface area contributed by atoms with Crippen molar-refractivity contribution in [2.75, 3.05) is 13.1 Å². The van der Waals surface area contributed by atoms with Crippen LogP contribution in [-0.4, -0.2) is 34.1 Å². The maximum absolute atomic E-state index is 11.3. The fraction of sp³-hybridized carbons (Fsp3) is 0.357. The van der Waals surface area contributed by atoms with Crippen molar-refractivity contribution in [1.29, 1.82) is 0 Å². The Morgan fingerprint density at radius 2 is 2.11 bits per heavy atom. The average molecular weight is 257 g/mol. The van der Waals surface area contributed by atoms with Crippen LogP contribution in [-0.2, 0) is 4.79 Å². The van der Waals surface area contributed by atoms with E-state index < -0.39 is 0 Å². The van der Waals surface area contributed by atoms with E-state index in [1.165, 1.54) is 0 Å². The second-order valence-electron chi connectivity index (χ2n) is 4.76. The van der Waals surface area contributed by atoms with Gasteiger partial charge in [0.15, 0.2) is 0 Å². The first-order valence-electron chi connectivity index (χ1n) is 6.38. The molecule has 0 N–H and O–H groups in total. The van der Waals surface area contributed by atoms with Gasteiger partial charge in [0.2, 0.25) is 17.7 Å². The first-order chi connectivity index (χ1) is 9.24. The summed E-state index contributed by atoms with van der Waals surface area (Å²) in [6, 6.07) is 9.70. The Kier molecular flexibility index (Phi) is 3.03. The highest BCUT2D eigenvalue weighted by Gasteiger charge is 2.29. The molecule has 5 nitrogen and oxygen atoms in total. The van der Waals surface area contributed by atoms with Gasteiger partial charge in [0, 0.05) is 25.6 Å². The lowest BCUT2D eigenvalue weighted by Gasteiger charge is -2.11. The van der Waals surface area contributed by atoms with Gasteiger partial charge in [0.05, 0.1) is 5.92 Å². The van der Waals surface area contributed by atoms with Crippen molar-refractivity contribution >= 4 is 5.91 Å². The smallest absolute Gasteiger partial charge is 0.247 e. The Morgan fingerprint density at radius 1 is 1.32 bits per heavy atom. The summed E-state index contributed by atoms with van der Waals surface area (Å²) in [5.41, 5.74) is 0.919. The number of likely N-dealkylation sites (tertiary alicyclic amines) is 1. The fourth-order valence-electron chi connectivity index (χ4n) is 2.34. The van der Waals surface area contributed by atoms with E-state index in [4.69, 9.17) is 4.42 Å². The molecule has 5 heteroatoms. The van der Waals surface area contributed by atoms with Crippen molar-refractivity contribution in [2.24, 2.45) is 0 Å². The van der Waals surface area contributed by atoms with E-state index in [1.807, 2.05) is 35.2 Å². The van der Waals surface area contributed by atoms with Gasteiger partial charge in [-0.3, -0.25) is 4.79 Å². The molecule has 1 saturated heterocycles. The van der Waals surface area contributed by atoms with Crippen LogP contribution in [0.1, 0.15) is 25.2 Å². The number of aromatic nitrogens is 2. The maximum Gasteiger partial charge on any atom is 0.247 e. The first-order valence-corrected chi connectivity index (χ1v) is 6.38. The zero-order chi connectivity index (χ0) is 13.2. The van der Waals surface area contributed by atoms with Crippen molar-refractivity contribution in [3.8, 4) is 11.5 Å². The maximum atomic E-state index is 11.3. The molecule has 19 heavy (non-hydrogen) atoms. The molecule has 0 radical (unpaired) electrons. The van der Waals surface area contributed by atoms with E-state index in [0.29, 0.717) is 18.3 Å². The van der Waals surface area contributed by atoms with Gasteiger partial charge in [0.1, 0.15) is 0 Å². The Labute approximate surface area is 111 Å². The van der Waals surface area contributed by atoms with Crippen LogP contribution in [0, 0.1) is 0 Å². The lowest BCUT2D eigenvalue weighted by atomic mass is 10.1. The van der Waals surface area contributed by atoms with Crippen molar-refractivity contribution in [3.63, 3.8) is 0 Å². The first kappa shape index (κ1) is 11.9. The molecular weight excluding hydrogens is 242 g/mol.